The summed E-state index contributed by atoms with van der Waals surface area (Å²) in [5.41, 5.74) is -4.47. The lowest BCUT2D eigenvalue weighted by atomic mass is 9.38. The number of ether oxygens (including phenoxy) is 7. The standard InChI is InChI=1S/C46H70O16/c1-23(47)56-22-32-35(58-25(3)49)36(59-26(4)50)37(60-27(5)51)40(62-32)61-30-20-29-28(42(8,9)39(30)53)14-15-33-43(29,10)18-19-44(11)38(31(57-24(2)48)21-45(33,44)12)46(13,55)34(52)16-17-41(6,7)54/h14,29-33,35-40,53-55H,15-22H2,1-13H3. The summed E-state index contributed by atoms with van der Waals surface area (Å²) in [5.74, 6) is -4.89. The number of esters is 5. The average molecular weight is 879 g/mol. The molecule has 16 nitrogen and oxygen atoms in total. The van der Waals surface area contributed by atoms with Gasteiger partial charge in [0.25, 0.3) is 0 Å². The Morgan fingerprint density at radius 1 is 0.758 bits per heavy atom. The lowest BCUT2D eigenvalue weighted by Gasteiger charge is -2.66. The normalized spacial score (nSPS) is 39.6. The summed E-state index contributed by atoms with van der Waals surface area (Å²) in [6, 6.07) is 0. The van der Waals surface area contributed by atoms with Crippen molar-refractivity contribution in [3.8, 4) is 0 Å². The van der Waals surface area contributed by atoms with Gasteiger partial charge in [-0.15, -0.1) is 0 Å². The monoisotopic (exact) mass is 878 g/mol. The number of allylic oxidation sites excluding steroid dienone is 1. The summed E-state index contributed by atoms with van der Waals surface area (Å²) < 4.78 is 41.2. The summed E-state index contributed by atoms with van der Waals surface area (Å²) in [7, 11) is 0. The van der Waals surface area contributed by atoms with Crippen LogP contribution in [0, 0.1) is 39.4 Å². The van der Waals surface area contributed by atoms with Crippen LogP contribution in [0.4, 0.5) is 0 Å². The fourth-order valence-electron chi connectivity index (χ4n) is 12.5. The minimum atomic E-state index is -1.87. The second-order valence-corrected chi connectivity index (χ2v) is 20.7. The van der Waals surface area contributed by atoms with Crippen LogP contribution >= 0.6 is 0 Å². The minimum Gasteiger partial charge on any atom is -0.463 e. The van der Waals surface area contributed by atoms with Gasteiger partial charge in [0, 0.05) is 52.4 Å². The fraction of sp³-hybridized carbons (Fsp3) is 0.826. The molecule has 0 aromatic rings. The molecule has 62 heavy (non-hydrogen) atoms. The Labute approximate surface area is 365 Å². The molecule has 5 aliphatic rings. The van der Waals surface area contributed by atoms with Gasteiger partial charge in [0.15, 0.2) is 30.4 Å². The maximum atomic E-state index is 13.9. The number of fused-ring (bicyclic) bond motifs is 5. The third kappa shape index (κ3) is 9.23. The molecule has 0 spiro atoms. The Hall–Kier alpha value is -3.44. The van der Waals surface area contributed by atoms with Crippen LogP contribution < -0.4 is 0 Å². The molecule has 3 saturated carbocycles. The van der Waals surface area contributed by atoms with Gasteiger partial charge in [0.2, 0.25) is 0 Å². The van der Waals surface area contributed by atoms with Crippen LogP contribution in [0.1, 0.15) is 135 Å². The molecule has 15 unspecified atom stereocenters. The van der Waals surface area contributed by atoms with Crippen LogP contribution in [0.5, 0.6) is 0 Å². The number of aliphatic hydroxyl groups excluding tert-OH is 1. The van der Waals surface area contributed by atoms with Crippen LogP contribution in [0.15, 0.2) is 11.6 Å². The number of carbonyl (C=O) groups excluding carboxylic acids is 6. The van der Waals surface area contributed by atoms with Gasteiger partial charge in [0.1, 0.15) is 24.4 Å². The molecule has 0 aromatic carbocycles. The van der Waals surface area contributed by atoms with E-state index >= 15 is 0 Å². The quantitative estimate of drug-likeness (QED) is 0.132. The van der Waals surface area contributed by atoms with E-state index in [1.165, 1.54) is 20.8 Å². The molecule has 4 fully saturated rings. The van der Waals surface area contributed by atoms with Gasteiger partial charge >= 0.3 is 29.8 Å². The van der Waals surface area contributed by atoms with E-state index in [0.29, 0.717) is 25.7 Å². The van der Waals surface area contributed by atoms with Crippen molar-refractivity contribution in [2.45, 2.75) is 195 Å². The van der Waals surface area contributed by atoms with Crippen LogP contribution in [0.25, 0.3) is 0 Å². The number of rotatable bonds is 13. The van der Waals surface area contributed by atoms with E-state index in [0.717, 1.165) is 26.3 Å². The predicted octanol–water partition coefficient (Wildman–Crippen LogP) is 4.44. The zero-order valence-electron chi connectivity index (χ0n) is 38.7. The largest absolute Gasteiger partial charge is 0.463 e. The lowest BCUT2D eigenvalue weighted by Crippen LogP contribution is -2.65. The average Bonchev–Trinajstić information content (AvgIpc) is 3.36. The van der Waals surface area contributed by atoms with Crippen molar-refractivity contribution in [1.29, 1.82) is 0 Å². The molecule has 3 N–H and O–H groups in total. The molecule has 0 amide bonds. The molecule has 0 radical (unpaired) electrons. The Balaban J connectivity index is 1.53. The highest BCUT2D eigenvalue weighted by Gasteiger charge is 2.73. The zero-order chi connectivity index (χ0) is 46.7. The molecule has 1 saturated heterocycles. The number of hydrogen-bond donors (Lipinski definition) is 3. The molecule has 15 atom stereocenters. The van der Waals surface area contributed by atoms with E-state index in [4.69, 9.17) is 33.2 Å². The van der Waals surface area contributed by atoms with Crippen molar-refractivity contribution in [2.75, 3.05) is 6.61 Å². The SMILES string of the molecule is CC(=O)OCC1OC(OC2CC3C(=CCC4C3(C)CCC3(C)C(C(C)(O)C(=O)CCC(C)(C)O)C(OC(C)=O)CC43C)C(C)(C)C2O)C(OC(C)=O)C(OC(C)=O)C1OC(C)=O. The van der Waals surface area contributed by atoms with Crippen LogP contribution in [-0.4, -0.2) is 118 Å². The maximum absolute atomic E-state index is 13.9. The van der Waals surface area contributed by atoms with Gasteiger partial charge < -0.3 is 48.5 Å². The van der Waals surface area contributed by atoms with E-state index < -0.39 is 130 Å². The first-order valence-corrected chi connectivity index (χ1v) is 21.9. The second-order valence-electron chi connectivity index (χ2n) is 20.7. The van der Waals surface area contributed by atoms with Gasteiger partial charge in [-0.25, -0.2) is 0 Å². The summed E-state index contributed by atoms with van der Waals surface area (Å²) in [6.07, 6.45) is -5.02. The van der Waals surface area contributed by atoms with Gasteiger partial charge in [-0.3, -0.25) is 28.8 Å². The summed E-state index contributed by atoms with van der Waals surface area (Å²) in [6.45, 7) is 20.6. The molecule has 1 heterocycles. The molecular weight excluding hydrogens is 808 g/mol. The number of Topliss-reactive ketones (excluding diaryl/α,β-unsaturated/α-hetero) is 1. The lowest BCUT2D eigenvalue weighted by molar-refractivity contribution is -0.328. The third-order valence-electron chi connectivity index (χ3n) is 15.5. The molecule has 16 heteroatoms. The van der Waals surface area contributed by atoms with Crippen molar-refractivity contribution >= 4 is 35.6 Å². The molecular formula is C46H70O16. The Bertz CT molecular complexity index is 1800. The minimum absolute atomic E-state index is 0.0507. The first kappa shape index (κ1) is 49.6. The fourth-order valence-corrected chi connectivity index (χ4v) is 12.5. The molecule has 0 bridgehead atoms. The van der Waals surface area contributed by atoms with Crippen LogP contribution in [0.2, 0.25) is 0 Å². The predicted molar refractivity (Wildman–Crippen MR) is 219 cm³/mol. The molecule has 1 aliphatic heterocycles. The highest BCUT2D eigenvalue weighted by Crippen LogP contribution is 2.75. The smallest absolute Gasteiger partial charge is 0.303 e. The van der Waals surface area contributed by atoms with E-state index in [1.807, 2.05) is 13.8 Å². The highest BCUT2D eigenvalue weighted by atomic mass is 16.7. The van der Waals surface area contributed by atoms with Crippen LogP contribution in [-0.2, 0) is 61.9 Å². The van der Waals surface area contributed by atoms with Gasteiger partial charge in [-0.05, 0) is 87.4 Å². The van der Waals surface area contributed by atoms with Crippen LogP contribution in [0.3, 0.4) is 0 Å². The topological polar surface area (TPSA) is 228 Å². The molecule has 4 aliphatic carbocycles. The summed E-state index contributed by atoms with van der Waals surface area (Å²) in [4.78, 5) is 76.0. The maximum Gasteiger partial charge on any atom is 0.303 e. The highest BCUT2D eigenvalue weighted by molar-refractivity contribution is 5.87. The first-order valence-electron chi connectivity index (χ1n) is 21.9. The van der Waals surface area contributed by atoms with Gasteiger partial charge in [-0.2, -0.15) is 0 Å². The van der Waals surface area contributed by atoms with Crippen molar-refractivity contribution in [3.05, 3.63) is 11.6 Å². The third-order valence-corrected chi connectivity index (χ3v) is 15.5. The van der Waals surface area contributed by atoms with Gasteiger partial charge in [-0.1, -0.05) is 46.3 Å². The zero-order valence-corrected chi connectivity index (χ0v) is 38.7. The summed E-state index contributed by atoms with van der Waals surface area (Å²) >= 11 is 0. The second kappa shape index (κ2) is 17.5. The molecule has 5 rings (SSSR count). The Morgan fingerprint density at radius 3 is 1.87 bits per heavy atom. The van der Waals surface area contributed by atoms with E-state index in [-0.39, 0.29) is 31.1 Å². The number of carbonyl (C=O) groups is 6. The molecule has 350 valence electrons. The number of hydrogen-bond acceptors (Lipinski definition) is 16. The van der Waals surface area contributed by atoms with E-state index in [9.17, 15) is 44.1 Å². The number of ketones is 1. The molecule has 0 aromatic heterocycles. The Kier molecular flexibility index (Phi) is 14.0. The van der Waals surface area contributed by atoms with Crippen molar-refractivity contribution < 1.29 is 77.2 Å². The van der Waals surface area contributed by atoms with Gasteiger partial charge in [0.05, 0.1) is 17.8 Å². The van der Waals surface area contributed by atoms with E-state index in [2.05, 4.69) is 26.8 Å². The number of aliphatic hydroxyl groups is 3. The van der Waals surface area contributed by atoms with Crippen molar-refractivity contribution in [1.82, 2.24) is 0 Å². The van der Waals surface area contributed by atoms with Crippen molar-refractivity contribution in [3.63, 3.8) is 0 Å². The van der Waals surface area contributed by atoms with E-state index in [1.54, 1.807) is 13.8 Å². The van der Waals surface area contributed by atoms with Crippen molar-refractivity contribution in [2.24, 2.45) is 39.4 Å². The first-order chi connectivity index (χ1) is 28.4. The summed E-state index contributed by atoms with van der Waals surface area (Å²) in [5, 5.41) is 34.9. The Morgan fingerprint density at radius 2 is 1.32 bits per heavy atom.